The molecule has 0 aliphatic rings. The zero-order chi connectivity index (χ0) is 13.0. The Morgan fingerprint density at radius 2 is 2.00 bits per heavy atom. The molecule has 1 heterocycles. The van der Waals surface area contributed by atoms with Gasteiger partial charge in [0.1, 0.15) is 5.75 Å². The molecule has 0 bridgehead atoms. The summed E-state index contributed by atoms with van der Waals surface area (Å²) in [4.78, 5) is 5.18. The molecule has 0 radical (unpaired) electrons. The van der Waals surface area contributed by atoms with Crippen LogP contribution in [0.15, 0.2) is 36.5 Å². The number of rotatable bonds is 5. The summed E-state index contributed by atoms with van der Waals surface area (Å²) in [6.45, 7) is 4.14. The van der Waals surface area contributed by atoms with Gasteiger partial charge in [-0.2, -0.15) is 0 Å². The fourth-order valence-corrected chi connectivity index (χ4v) is 2.38. The highest BCUT2D eigenvalue weighted by molar-refractivity contribution is 7.11. The first-order valence-corrected chi connectivity index (χ1v) is 6.73. The van der Waals surface area contributed by atoms with Crippen molar-refractivity contribution in [2.75, 3.05) is 6.61 Å². The van der Waals surface area contributed by atoms with Gasteiger partial charge in [-0.25, -0.2) is 4.98 Å². The molecule has 3 nitrogen and oxygen atoms in total. The first-order chi connectivity index (χ1) is 8.55. The average Bonchev–Trinajstić information content (AvgIpc) is 2.79. The third kappa shape index (κ3) is 3.55. The lowest BCUT2D eigenvalue weighted by Crippen LogP contribution is -2.12. The van der Waals surface area contributed by atoms with Crippen molar-refractivity contribution in [3.05, 3.63) is 46.4 Å². The van der Waals surface area contributed by atoms with Crippen LogP contribution < -0.4 is 4.74 Å². The van der Waals surface area contributed by atoms with Crippen molar-refractivity contribution in [1.82, 2.24) is 4.98 Å². The molecule has 18 heavy (non-hydrogen) atoms. The Labute approximate surface area is 111 Å². The molecule has 96 valence electrons. The SMILES string of the molecule is CC(C)(O)c1cnc(CCOc2ccccc2)s1. The van der Waals surface area contributed by atoms with E-state index in [9.17, 15) is 5.11 Å². The Hall–Kier alpha value is -1.39. The monoisotopic (exact) mass is 263 g/mol. The second kappa shape index (κ2) is 5.50. The van der Waals surface area contributed by atoms with E-state index in [1.54, 1.807) is 20.0 Å². The number of aliphatic hydroxyl groups is 1. The minimum Gasteiger partial charge on any atom is -0.493 e. The topological polar surface area (TPSA) is 42.4 Å². The molecular weight excluding hydrogens is 246 g/mol. The molecule has 0 spiro atoms. The standard InChI is InChI=1S/C14H17NO2S/c1-14(2,16)12-10-15-13(18-12)8-9-17-11-6-4-3-5-7-11/h3-7,10,16H,8-9H2,1-2H3. The van der Waals surface area contributed by atoms with Gasteiger partial charge >= 0.3 is 0 Å². The first-order valence-electron chi connectivity index (χ1n) is 5.91. The van der Waals surface area contributed by atoms with E-state index in [-0.39, 0.29) is 0 Å². The molecule has 0 aliphatic heterocycles. The van der Waals surface area contributed by atoms with Crippen LogP contribution >= 0.6 is 11.3 Å². The lowest BCUT2D eigenvalue weighted by atomic mass is 10.1. The zero-order valence-corrected chi connectivity index (χ0v) is 11.4. The van der Waals surface area contributed by atoms with Crippen LogP contribution in [0.1, 0.15) is 23.7 Å². The molecule has 0 saturated heterocycles. The van der Waals surface area contributed by atoms with Gasteiger partial charge in [0.2, 0.25) is 0 Å². The van der Waals surface area contributed by atoms with Crippen molar-refractivity contribution in [3.8, 4) is 5.75 Å². The van der Waals surface area contributed by atoms with Crippen molar-refractivity contribution < 1.29 is 9.84 Å². The van der Waals surface area contributed by atoms with Crippen LogP contribution in [0.25, 0.3) is 0 Å². The van der Waals surface area contributed by atoms with Gasteiger partial charge in [-0.05, 0) is 26.0 Å². The number of nitrogens with zero attached hydrogens (tertiary/aromatic N) is 1. The molecule has 2 aromatic rings. The van der Waals surface area contributed by atoms with Gasteiger partial charge in [0, 0.05) is 12.6 Å². The van der Waals surface area contributed by atoms with Crippen molar-refractivity contribution in [2.24, 2.45) is 0 Å². The molecule has 0 saturated carbocycles. The molecule has 1 aromatic heterocycles. The third-order valence-electron chi connectivity index (χ3n) is 2.48. The Morgan fingerprint density at radius 3 is 2.61 bits per heavy atom. The second-order valence-electron chi connectivity index (χ2n) is 4.59. The highest BCUT2D eigenvalue weighted by Gasteiger charge is 2.19. The molecule has 0 amide bonds. The maximum Gasteiger partial charge on any atom is 0.119 e. The van der Waals surface area contributed by atoms with E-state index in [0.29, 0.717) is 6.61 Å². The van der Waals surface area contributed by atoms with Crippen molar-refractivity contribution in [2.45, 2.75) is 25.9 Å². The Balaban J connectivity index is 1.86. The summed E-state index contributed by atoms with van der Waals surface area (Å²) in [7, 11) is 0. The molecule has 0 fully saturated rings. The van der Waals surface area contributed by atoms with Crippen LogP contribution in [0, 0.1) is 0 Å². The summed E-state index contributed by atoms with van der Waals surface area (Å²) in [6, 6.07) is 9.73. The largest absolute Gasteiger partial charge is 0.493 e. The highest BCUT2D eigenvalue weighted by Crippen LogP contribution is 2.25. The van der Waals surface area contributed by atoms with Gasteiger partial charge in [-0.1, -0.05) is 18.2 Å². The number of aromatic nitrogens is 1. The summed E-state index contributed by atoms with van der Waals surface area (Å²) in [5, 5.41) is 10.8. The number of para-hydroxylation sites is 1. The number of hydrogen-bond donors (Lipinski definition) is 1. The van der Waals surface area contributed by atoms with E-state index < -0.39 is 5.60 Å². The quantitative estimate of drug-likeness (QED) is 0.901. The van der Waals surface area contributed by atoms with Gasteiger partial charge in [0.25, 0.3) is 0 Å². The summed E-state index contributed by atoms with van der Waals surface area (Å²) in [6.07, 6.45) is 2.50. The van der Waals surface area contributed by atoms with E-state index in [1.165, 1.54) is 11.3 Å². The second-order valence-corrected chi connectivity index (χ2v) is 5.70. The molecule has 0 aliphatic carbocycles. The fourth-order valence-electron chi connectivity index (χ4n) is 1.48. The number of hydrogen-bond acceptors (Lipinski definition) is 4. The van der Waals surface area contributed by atoms with Crippen LogP contribution in [0.2, 0.25) is 0 Å². The van der Waals surface area contributed by atoms with Crippen molar-refractivity contribution >= 4 is 11.3 Å². The van der Waals surface area contributed by atoms with Crippen molar-refractivity contribution in [3.63, 3.8) is 0 Å². The molecule has 1 aromatic carbocycles. The van der Waals surface area contributed by atoms with E-state index in [1.807, 2.05) is 30.3 Å². The Morgan fingerprint density at radius 1 is 1.28 bits per heavy atom. The molecule has 2 rings (SSSR count). The summed E-state index contributed by atoms with van der Waals surface area (Å²) < 4.78 is 5.61. The molecule has 0 atom stereocenters. The van der Waals surface area contributed by atoms with Crippen LogP contribution in [0.5, 0.6) is 5.75 Å². The van der Waals surface area contributed by atoms with Crippen molar-refractivity contribution in [1.29, 1.82) is 0 Å². The predicted octanol–water partition coefficient (Wildman–Crippen LogP) is 2.99. The lowest BCUT2D eigenvalue weighted by molar-refractivity contribution is 0.0823. The van der Waals surface area contributed by atoms with E-state index in [0.717, 1.165) is 22.1 Å². The summed E-state index contributed by atoms with van der Waals surface area (Å²) in [5.74, 6) is 0.872. The zero-order valence-electron chi connectivity index (χ0n) is 10.6. The number of thiazole rings is 1. The van der Waals surface area contributed by atoms with E-state index in [2.05, 4.69) is 4.98 Å². The third-order valence-corrected chi connectivity index (χ3v) is 3.85. The molecule has 0 unspecified atom stereocenters. The van der Waals surface area contributed by atoms with E-state index in [4.69, 9.17) is 4.74 Å². The predicted molar refractivity (Wildman–Crippen MR) is 73.0 cm³/mol. The van der Waals surface area contributed by atoms with Gasteiger partial charge in [-0.15, -0.1) is 11.3 Å². The smallest absolute Gasteiger partial charge is 0.119 e. The minimum absolute atomic E-state index is 0.600. The maximum atomic E-state index is 9.84. The number of benzene rings is 1. The molecular formula is C14H17NO2S. The summed E-state index contributed by atoms with van der Waals surface area (Å²) >= 11 is 1.53. The van der Waals surface area contributed by atoms with Crippen LogP contribution in [0.4, 0.5) is 0 Å². The minimum atomic E-state index is -0.809. The first kappa shape index (κ1) is 13.1. The number of ether oxygens (including phenoxy) is 1. The van der Waals surface area contributed by atoms with Gasteiger partial charge in [0.15, 0.2) is 0 Å². The van der Waals surface area contributed by atoms with Crippen LogP contribution in [-0.4, -0.2) is 16.7 Å². The molecule has 1 N–H and O–H groups in total. The fraction of sp³-hybridized carbons (Fsp3) is 0.357. The van der Waals surface area contributed by atoms with Crippen LogP contribution in [0.3, 0.4) is 0 Å². The average molecular weight is 263 g/mol. The lowest BCUT2D eigenvalue weighted by Gasteiger charge is -2.13. The van der Waals surface area contributed by atoms with Gasteiger partial charge in [0.05, 0.1) is 22.1 Å². The highest BCUT2D eigenvalue weighted by atomic mass is 32.1. The normalized spacial score (nSPS) is 11.5. The Kier molecular flexibility index (Phi) is 3.99. The van der Waals surface area contributed by atoms with E-state index >= 15 is 0 Å². The van der Waals surface area contributed by atoms with Gasteiger partial charge < -0.3 is 9.84 Å². The Bertz CT molecular complexity index is 488. The van der Waals surface area contributed by atoms with Gasteiger partial charge in [-0.3, -0.25) is 0 Å². The summed E-state index contributed by atoms with van der Waals surface area (Å²) in [5.41, 5.74) is -0.809. The van der Waals surface area contributed by atoms with Crippen LogP contribution in [-0.2, 0) is 12.0 Å². The maximum absolute atomic E-state index is 9.84. The molecule has 4 heteroatoms.